The summed E-state index contributed by atoms with van der Waals surface area (Å²) in [7, 11) is 0. The number of nitrogen functional groups attached to an aromatic ring is 2. The van der Waals surface area contributed by atoms with Crippen molar-refractivity contribution < 1.29 is 9.90 Å². The van der Waals surface area contributed by atoms with E-state index in [0.29, 0.717) is 29.4 Å². The van der Waals surface area contributed by atoms with Gasteiger partial charge in [-0.3, -0.25) is 0 Å². The van der Waals surface area contributed by atoms with Crippen LogP contribution in [0.25, 0.3) is 0 Å². The molecule has 1 rings (SSSR count). The van der Waals surface area contributed by atoms with Crippen LogP contribution >= 0.6 is 0 Å². The Kier molecular flexibility index (Phi) is 6.31. The molecule has 1 unspecified atom stereocenters. The highest BCUT2D eigenvalue weighted by atomic mass is 16.4. The van der Waals surface area contributed by atoms with E-state index in [1.165, 1.54) is 6.07 Å². The molecular weight excluding hydrogens is 254 g/mol. The number of benzene rings is 1. The summed E-state index contributed by atoms with van der Waals surface area (Å²) in [5.74, 6) is -0.959. The Hall–Kier alpha value is -1.75. The first-order valence-corrected chi connectivity index (χ1v) is 7.10. The second-order valence-electron chi connectivity index (χ2n) is 5.15. The highest BCUT2D eigenvalue weighted by Crippen LogP contribution is 2.25. The Morgan fingerprint density at radius 2 is 2.10 bits per heavy atom. The topological polar surface area (TPSA) is 101 Å². The van der Waals surface area contributed by atoms with Gasteiger partial charge in [0, 0.05) is 6.04 Å². The molecule has 5 heteroatoms. The van der Waals surface area contributed by atoms with Crippen LogP contribution in [0.15, 0.2) is 12.1 Å². The van der Waals surface area contributed by atoms with Gasteiger partial charge < -0.3 is 21.9 Å². The summed E-state index contributed by atoms with van der Waals surface area (Å²) >= 11 is 0. The van der Waals surface area contributed by atoms with Crippen LogP contribution in [0.3, 0.4) is 0 Å². The molecule has 0 heterocycles. The van der Waals surface area contributed by atoms with Crippen molar-refractivity contribution in [3.05, 3.63) is 23.3 Å². The molecule has 0 aromatic heterocycles. The summed E-state index contributed by atoms with van der Waals surface area (Å²) in [6.07, 6.45) is 3.74. The number of nitrogens with two attached hydrogens (primary N) is 2. The van der Waals surface area contributed by atoms with Gasteiger partial charge in [-0.25, -0.2) is 4.79 Å². The Labute approximate surface area is 120 Å². The average molecular weight is 279 g/mol. The normalized spacial score (nSPS) is 12.3. The number of carboxylic acid groups (broad SMARTS) is 1. The lowest BCUT2D eigenvalue weighted by Gasteiger charge is -2.14. The number of hydrogen-bond acceptors (Lipinski definition) is 4. The summed E-state index contributed by atoms with van der Waals surface area (Å²) in [5, 5.41) is 12.6. The van der Waals surface area contributed by atoms with Gasteiger partial charge in [0.1, 0.15) is 0 Å². The van der Waals surface area contributed by atoms with Gasteiger partial charge in [0.15, 0.2) is 0 Å². The molecule has 1 aromatic carbocycles. The minimum Gasteiger partial charge on any atom is -0.478 e. The van der Waals surface area contributed by atoms with Crippen molar-refractivity contribution in [3.8, 4) is 0 Å². The SMILES string of the molecule is CCCC(C)NCCCc1c(C(=O)O)ccc(N)c1N. The fourth-order valence-corrected chi connectivity index (χ4v) is 2.30. The van der Waals surface area contributed by atoms with Gasteiger partial charge in [-0.05, 0) is 50.4 Å². The molecule has 20 heavy (non-hydrogen) atoms. The van der Waals surface area contributed by atoms with Gasteiger partial charge in [0.25, 0.3) is 0 Å². The quantitative estimate of drug-likeness (QED) is 0.432. The highest BCUT2D eigenvalue weighted by molar-refractivity contribution is 5.93. The first-order valence-electron chi connectivity index (χ1n) is 7.10. The summed E-state index contributed by atoms with van der Waals surface area (Å²) in [6.45, 7) is 5.15. The molecule has 0 amide bonds. The number of nitrogens with one attached hydrogen (secondary N) is 1. The number of rotatable bonds is 8. The summed E-state index contributed by atoms with van der Waals surface area (Å²) < 4.78 is 0. The van der Waals surface area contributed by atoms with E-state index in [0.717, 1.165) is 25.8 Å². The zero-order valence-electron chi connectivity index (χ0n) is 12.3. The molecule has 0 bridgehead atoms. The van der Waals surface area contributed by atoms with Crippen molar-refractivity contribution in [2.24, 2.45) is 0 Å². The van der Waals surface area contributed by atoms with E-state index in [1.807, 2.05) is 0 Å². The maximum absolute atomic E-state index is 11.2. The maximum Gasteiger partial charge on any atom is 0.336 e. The fraction of sp³-hybridized carbons (Fsp3) is 0.533. The molecule has 0 fully saturated rings. The molecule has 0 aliphatic carbocycles. The van der Waals surface area contributed by atoms with E-state index >= 15 is 0 Å². The Morgan fingerprint density at radius 1 is 1.40 bits per heavy atom. The molecule has 112 valence electrons. The van der Waals surface area contributed by atoms with Gasteiger partial charge in [-0.2, -0.15) is 0 Å². The van der Waals surface area contributed by atoms with Crippen LogP contribution in [-0.4, -0.2) is 23.7 Å². The van der Waals surface area contributed by atoms with E-state index in [2.05, 4.69) is 19.2 Å². The van der Waals surface area contributed by atoms with Crippen molar-refractivity contribution in [1.82, 2.24) is 5.32 Å². The molecule has 5 nitrogen and oxygen atoms in total. The minimum atomic E-state index is -0.959. The Bertz CT molecular complexity index is 461. The lowest BCUT2D eigenvalue weighted by atomic mass is 9.99. The number of aromatic carboxylic acids is 1. The molecule has 6 N–H and O–H groups in total. The van der Waals surface area contributed by atoms with Crippen LogP contribution in [0.1, 0.15) is 49.0 Å². The second-order valence-corrected chi connectivity index (χ2v) is 5.15. The number of anilines is 2. The van der Waals surface area contributed by atoms with Crippen LogP contribution in [0.4, 0.5) is 11.4 Å². The lowest BCUT2D eigenvalue weighted by Crippen LogP contribution is -2.27. The first kappa shape index (κ1) is 16.3. The smallest absolute Gasteiger partial charge is 0.336 e. The van der Waals surface area contributed by atoms with E-state index in [-0.39, 0.29) is 5.56 Å². The third kappa shape index (κ3) is 4.42. The first-order chi connectivity index (χ1) is 9.47. The molecule has 0 saturated carbocycles. The summed E-state index contributed by atoms with van der Waals surface area (Å²) in [5.41, 5.74) is 13.4. The van der Waals surface area contributed by atoms with E-state index in [1.54, 1.807) is 6.07 Å². The molecule has 0 aliphatic rings. The van der Waals surface area contributed by atoms with Gasteiger partial charge in [0.05, 0.1) is 16.9 Å². The average Bonchev–Trinajstić information content (AvgIpc) is 2.39. The monoisotopic (exact) mass is 279 g/mol. The summed E-state index contributed by atoms with van der Waals surface area (Å²) in [6, 6.07) is 3.55. The lowest BCUT2D eigenvalue weighted by molar-refractivity contribution is 0.0695. The van der Waals surface area contributed by atoms with Crippen molar-refractivity contribution in [3.63, 3.8) is 0 Å². The van der Waals surface area contributed by atoms with Crippen molar-refractivity contribution >= 4 is 17.3 Å². The third-order valence-corrected chi connectivity index (χ3v) is 3.44. The van der Waals surface area contributed by atoms with Gasteiger partial charge in [0.2, 0.25) is 0 Å². The van der Waals surface area contributed by atoms with Gasteiger partial charge in [-0.1, -0.05) is 13.3 Å². The molecule has 1 aromatic rings. The molecular formula is C15H25N3O2. The predicted molar refractivity (Wildman–Crippen MR) is 82.9 cm³/mol. The van der Waals surface area contributed by atoms with Gasteiger partial charge in [-0.15, -0.1) is 0 Å². The highest BCUT2D eigenvalue weighted by Gasteiger charge is 2.14. The standard InChI is InChI=1S/C15H25N3O2/c1-3-5-10(2)18-9-4-6-11-12(15(19)20)7-8-13(16)14(11)17/h7-8,10,18H,3-6,9,16-17H2,1-2H3,(H,19,20). The molecule has 0 radical (unpaired) electrons. The Morgan fingerprint density at radius 3 is 2.70 bits per heavy atom. The predicted octanol–water partition coefficient (Wildman–Crippen LogP) is 2.26. The summed E-state index contributed by atoms with van der Waals surface area (Å²) in [4.78, 5) is 11.2. The van der Waals surface area contributed by atoms with E-state index < -0.39 is 5.97 Å². The molecule has 0 saturated heterocycles. The largest absolute Gasteiger partial charge is 0.478 e. The van der Waals surface area contributed by atoms with E-state index in [9.17, 15) is 9.90 Å². The molecule has 0 spiro atoms. The third-order valence-electron chi connectivity index (χ3n) is 3.44. The van der Waals surface area contributed by atoms with Crippen molar-refractivity contribution in [1.29, 1.82) is 0 Å². The number of carbonyl (C=O) groups is 1. The van der Waals surface area contributed by atoms with Crippen LogP contribution in [0.2, 0.25) is 0 Å². The van der Waals surface area contributed by atoms with Crippen LogP contribution < -0.4 is 16.8 Å². The van der Waals surface area contributed by atoms with Crippen LogP contribution in [0.5, 0.6) is 0 Å². The Balaban J connectivity index is 2.63. The van der Waals surface area contributed by atoms with Crippen molar-refractivity contribution in [2.45, 2.75) is 45.6 Å². The van der Waals surface area contributed by atoms with E-state index in [4.69, 9.17) is 11.5 Å². The maximum atomic E-state index is 11.2. The zero-order chi connectivity index (χ0) is 15.1. The second kappa shape index (κ2) is 7.75. The zero-order valence-corrected chi connectivity index (χ0v) is 12.3. The minimum absolute atomic E-state index is 0.248. The van der Waals surface area contributed by atoms with Crippen LogP contribution in [0, 0.1) is 0 Å². The molecule has 1 atom stereocenters. The van der Waals surface area contributed by atoms with Crippen molar-refractivity contribution in [2.75, 3.05) is 18.0 Å². The van der Waals surface area contributed by atoms with Gasteiger partial charge >= 0.3 is 5.97 Å². The van der Waals surface area contributed by atoms with Crippen LogP contribution in [-0.2, 0) is 6.42 Å². The molecule has 0 aliphatic heterocycles. The number of carboxylic acids is 1. The fourth-order valence-electron chi connectivity index (χ4n) is 2.30. The number of hydrogen-bond donors (Lipinski definition) is 4.